The Morgan fingerprint density at radius 2 is 2.06 bits per heavy atom. The average Bonchev–Trinajstić information content (AvgIpc) is 3.06. The zero-order chi connectivity index (χ0) is 11.9. The summed E-state index contributed by atoms with van der Waals surface area (Å²) in [5, 5.41) is 10.2. The van der Waals surface area contributed by atoms with E-state index in [1.165, 1.54) is 0 Å². The lowest BCUT2D eigenvalue weighted by Gasteiger charge is -2.21. The third-order valence-electron chi connectivity index (χ3n) is 3.13. The van der Waals surface area contributed by atoms with E-state index in [4.69, 9.17) is 17.3 Å². The molecule has 1 aliphatic rings. The summed E-state index contributed by atoms with van der Waals surface area (Å²) in [6.45, 7) is 1.66. The standard InChI is InChI=1S/C12H15ClFNO.ClH/c1-6-2-5-8(13)9(10(6)14)11(15)12(16)7-3-4-7;/h2,5,7,11-12,16H,3-4,15H2,1H3;1H/t11-,12+;/m0./s1. The van der Waals surface area contributed by atoms with Gasteiger partial charge >= 0.3 is 0 Å². The van der Waals surface area contributed by atoms with Gasteiger partial charge in [-0.3, -0.25) is 0 Å². The highest BCUT2D eigenvalue weighted by Gasteiger charge is 2.36. The van der Waals surface area contributed by atoms with Crippen LogP contribution in [0.2, 0.25) is 5.02 Å². The highest BCUT2D eigenvalue weighted by Crippen LogP contribution is 2.39. The van der Waals surface area contributed by atoms with E-state index in [1.807, 2.05) is 0 Å². The van der Waals surface area contributed by atoms with Crippen molar-refractivity contribution >= 4 is 24.0 Å². The Morgan fingerprint density at radius 3 is 2.59 bits per heavy atom. The molecule has 2 atom stereocenters. The van der Waals surface area contributed by atoms with Gasteiger partial charge in [-0.15, -0.1) is 12.4 Å². The Bertz CT molecular complexity index is 410. The first kappa shape index (κ1) is 14.7. The highest BCUT2D eigenvalue weighted by molar-refractivity contribution is 6.31. The van der Waals surface area contributed by atoms with Crippen molar-refractivity contribution in [2.45, 2.75) is 31.9 Å². The SMILES string of the molecule is Cc1ccc(Cl)c([C@H](N)[C@H](O)C2CC2)c1F.Cl. The van der Waals surface area contributed by atoms with Crippen LogP contribution < -0.4 is 5.73 Å². The average molecular weight is 280 g/mol. The molecule has 3 N–H and O–H groups in total. The van der Waals surface area contributed by atoms with Gasteiger partial charge in [0.2, 0.25) is 0 Å². The normalized spacial score (nSPS) is 18.4. The molecule has 0 aliphatic heterocycles. The van der Waals surface area contributed by atoms with Crippen LogP contribution in [0.5, 0.6) is 0 Å². The Labute approximate surface area is 111 Å². The molecule has 0 amide bonds. The second-order valence-electron chi connectivity index (χ2n) is 4.45. The van der Waals surface area contributed by atoms with Crippen LogP contribution in [0.4, 0.5) is 4.39 Å². The van der Waals surface area contributed by atoms with Gasteiger partial charge in [0.15, 0.2) is 0 Å². The summed E-state index contributed by atoms with van der Waals surface area (Å²) in [4.78, 5) is 0. The minimum absolute atomic E-state index is 0. The maximum atomic E-state index is 13.9. The molecule has 1 saturated carbocycles. The summed E-state index contributed by atoms with van der Waals surface area (Å²) in [5.41, 5.74) is 6.61. The molecule has 0 bridgehead atoms. The van der Waals surface area contributed by atoms with Crippen molar-refractivity contribution in [3.8, 4) is 0 Å². The van der Waals surface area contributed by atoms with Crippen LogP contribution in [0.3, 0.4) is 0 Å². The quantitative estimate of drug-likeness (QED) is 0.894. The van der Waals surface area contributed by atoms with Gasteiger partial charge in [0.25, 0.3) is 0 Å². The van der Waals surface area contributed by atoms with E-state index in [0.29, 0.717) is 5.56 Å². The predicted molar refractivity (Wildman–Crippen MR) is 69.1 cm³/mol. The highest BCUT2D eigenvalue weighted by atomic mass is 35.5. The van der Waals surface area contributed by atoms with Crippen molar-refractivity contribution in [2.75, 3.05) is 0 Å². The molecule has 1 aliphatic carbocycles. The Hall–Kier alpha value is -0.350. The van der Waals surface area contributed by atoms with Crippen LogP contribution in [-0.4, -0.2) is 11.2 Å². The molecule has 2 rings (SSSR count). The molecule has 17 heavy (non-hydrogen) atoms. The molecule has 96 valence electrons. The van der Waals surface area contributed by atoms with Gasteiger partial charge in [-0.25, -0.2) is 4.39 Å². The summed E-state index contributed by atoms with van der Waals surface area (Å²) in [7, 11) is 0. The first-order valence-electron chi connectivity index (χ1n) is 5.40. The zero-order valence-electron chi connectivity index (χ0n) is 9.49. The number of rotatable bonds is 3. The molecule has 0 aromatic heterocycles. The van der Waals surface area contributed by atoms with Crippen molar-refractivity contribution in [2.24, 2.45) is 11.7 Å². The number of nitrogens with two attached hydrogens (primary N) is 1. The number of halogens is 3. The number of aryl methyl sites for hydroxylation is 1. The fourth-order valence-corrected chi connectivity index (χ4v) is 2.16. The first-order valence-corrected chi connectivity index (χ1v) is 5.78. The van der Waals surface area contributed by atoms with Crippen molar-refractivity contribution in [1.29, 1.82) is 0 Å². The van der Waals surface area contributed by atoms with Gasteiger partial charge in [-0.2, -0.15) is 0 Å². The fraction of sp³-hybridized carbons (Fsp3) is 0.500. The lowest BCUT2D eigenvalue weighted by atomic mass is 9.97. The van der Waals surface area contributed by atoms with Crippen molar-refractivity contribution < 1.29 is 9.50 Å². The number of hydrogen-bond acceptors (Lipinski definition) is 2. The second-order valence-corrected chi connectivity index (χ2v) is 4.85. The van der Waals surface area contributed by atoms with Crippen molar-refractivity contribution in [3.63, 3.8) is 0 Å². The molecule has 0 saturated heterocycles. The smallest absolute Gasteiger partial charge is 0.132 e. The Kier molecular flexibility index (Phi) is 4.78. The molecule has 0 unspecified atom stereocenters. The lowest BCUT2D eigenvalue weighted by Crippen LogP contribution is -2.29. The third-order valence-corrected chi connectivity index (χ3v) is 3.46. The van der Waals surface area contributed by atoms with E-state index >= 15 is 0 Å². The van der Waals surface area contributed by atoms with Crippen molar-refractivity contribution in [3.05, 3.63) is 34.1 Å². The van der Waals surface area contributed by atoms with Gasteiger partial charge < -0.3 is 10.8 Å². The zero-order valence-corrected chi connectivity index (χ0v) is 11.1. The molecule has 2 nitrogen and oxygen atoms in total. The third kappa shape index (κ3) is 2.91. The van der Waals surface area contributed by atoms with E-state index in [9.17, 15) is 9.50 Å². The summed E-state index contributed by atoms with van der Waals surface area (Å²) < 4.78 is 13.9. The largest absolute Gasteiger partial charge is 0.391 e. The van der Waals surface area contributed by atoms with Crippen LogP contribution in [0.25, 0.3) is 0 Å². The van der Waals surface area contributed by atoms with E-state index in [-0.39, 0.29) is 28.9 Å². The van der Waals surface area contributed by atoms with Gasteiger partial charge in [0, 0.05) is 10.6 Å². The number of aliphatic hydroxyl groups is 1. The summed E-state index contributed by atoms with van der Waals surface area (Å²) >= 11 is 5.93. The summed E-state index contributed by atoms with van der Waals surface area (Å²) in [6, 6.07) is 2.49. The molecule has 0 radical (unpaired) electrons. The van der Waals surface area contributed by atoms with Crippen LogP contribution >= 0.6 is 24.0 Å². The molecule has 1 fully saturated rings. The molecule has 1 aromatic carbocycles. The first-order chi connectivity index (χ1) is 7.52. The van der Waals surface area contributed by atoms with Gasteiger partial charge in [-0.05, 0) is 37.3 Å². The lowest BCUT2D eigenvalue weighted by molar-refractivity contribution is 0.121. The van der Waals surface area contributed by atoms with Crippen LogP contribution in [0, 0.1) is 18.7 Å². The Morgan fingerprint density at radius 1 is 1.47 bits per heavy atom. The number of hydrogen-bond donors (Lipinski definition) is 2. The maximum Gasteiger partial charge on any atom is 0.132 e. The van der Waals surface area contributed by atoms with E-state index in [1.54, 1.807) is 19.1 Å². The van der Waals surface area contributed by atoms with Crippen LogP contribution in [0.1, 0.15) is 30.0 Å². The summed E-state index contributed by atoms with van der Waals surface area (Å²) in [5.74, 6) is -0.203. The molecular formula is C12H16Cl2FNO. The molecule has 5 heteroatoms. The minimum Gasteiger partial charge on any atom is -0.391 e. The van der Waals surface area contributed by atoms with Gasteiger partial charge in [0.05, 0.1) is 12.1 Å². The fourth-order valence-electron chi connectivity index (χ4n) is 1.89. The van der Waals surface area contributed by atoms with Crippen LogP contribution in [-0.2, 0) is 0 Å². The maximum absolute atomic E-state index is 13.9. The predicted octanol–water partition coefficient (Wildman–Crippen LogP) is 2.98. The molecule has 0 heterocycles. The topological polar surface area (TPSA) is 46.2 Å². The molecule has 1 aromatic rings. The van der Waals surface area contributed by atoms with E-state index in [2.05, 4.69) is 0 Å². The van der Waals surface area contributed by atoms with Crippen LogP contribution in [0.15, 0.2) is 12.1 Å². The van der Waals surface area contributed by atoms with E-state index in [0.717, 1.165) is 12.8 Å². The minimum atomic E-state index is -0.736. The van der Waals surface area contributed by atoms with Gasteiger partial charge in [-0.1, -0.05) is 17.7 Å². The Balaban J connectivity index is 0.00000144. The van der Waals surface area contributed by atoms with Crippen molar-refractivity contribution in [1.82, 2.24) is 0 Å². The number of aliphatic hydroxyl groups excluding tert-OH is 1. The van der Waals surface area contributed by atoms with E-state index < -0.39 is 18.0 Å². The summed E-state index contributed by atoms with van der Waals surface area (Å²) in [6.07, 6.45) is 1.22. The second kappa shape index (κ2) is 5.53. The molecule has 0 spiro atoms. The van der Waals surface area contributed by atoms with Gasteiger partial charge in [0.1, 0.15) is 5.82 Å². The number of benzene rings is 1. The monoisotopic (exact) mass is 279 g/mol. The molecular weight excluding hydrogens is 264 g/mol.